The molecule has 0 aliphatic rings. The predicted molar refractivity (Wildman–Crippen MR) is 78.4 cm³/mol. The molecule has 0 spiro atoms. The van der Waals surface area contributed by atoms with Crippen molar-refractivity contribution in [2.75, 3.05) is 6.54 Å². The van der Waals surface area contributed by atoms with Gasteiger partial charge in [-0.15, -0.1) is 0 Å². The fourth-order valence-corrected chi connectivity index (χ4v) is 1.66. The molecule has 0 saturated heterocycles. The third kappa shape index (κ3) is 4.93. The van der Waals surface area contributed by atoms with Gasteiger partial charge in [0.1, 0.15) is 5.69 Å². The fourth-order valence-electron chi connectivity index (χ4n) is 1.66. The van der Waals surface area contributed by atoms with Gasteiger partial charge in [0.05, 0.1) is 18.5 Å². The Morgan fingerprint density at radius 3 is 2.82 bits per heavy atom. The molecule has 1 rings (SSSR count). The summed E-state index contributed by atoms with van der Waals surface area (Å²) < 4.78 is 0. The molecule has 1 atom stereocenters. The van der Waals surface area contributed by atoms with Gasteiger partial charge < -0.3 is 10.5 Å². The van der Waals surface area contributed by atoms with Crippen molar-refractivity contribution < 1.29 is 14.9 Å². The summed E-state index contributed by atoms with van der Waals surface area (Å²) >= 11 is 0. The maximum atomic E-state index is 11.8. The molecular weight excluding hydrogens is 290 g/mol. The molecule has 0 radical (unpaired) electrons. The normalized spacial score (nSPS) is 13.5. The Bertz CT molecular complexity index is 585. The van der Waals surface area contributed by atoms with Crippen LogP contribution < -0.4 is 5.32 Å². The molecule has 0 aliphatic carbocycles. The second-order valence-electron chi connectivity index (χ2n) is 4.40. The molecule has 1 aromatic rings. The topological polar surface area (TPSA) is 131 Å². The van der Waals surface area contributed by atoms with Crippen molar-refractivity contribution in [3.63, 3.8) is 0 Å². The first kappa shape index (κ1) is 17.2. The van der Waals surface area contributed by atoms with E-state index in [-0.39, 0.29) is 18.0 Å². The summed E-state index contributed by atoms with van der Waals surface area (Å²) in [7, 11) is 0. The number of rotatable bonds is 7. The number of hydrogen-bond acceptors (Lipinski definition) is 7. The molecule has 1 aromatic heterocycles. The zero-order chi connectivity index (χ0) is 16.5. The van der Waals surface area contributed by atoms with Gasteiger partial charge in [-0.25, -0.2) is 4.98 Å². The zero-order valence-corrected chi connectivity index (χ0v) is 12.3. The molecule has 9 heteroatoms. The Hall–Kier alpha value is -2.84. The van der Waals surface area contributed by atoms with E-state index in [1.54, 1.807) is 6.92 Å². The van der Waals surface area contributed by atoms with Crippen LogP contribution in [0.3, 0.4) is 0 Å². The molecule has 2 N–H and O–H groups in total. The molecule has 0 aromatic carbocycles. The number of amides is 1. The highest BCUT2D eigenvalue weighted by molar-refractivity contribution is 6.01. The Labute approximate surface area is 126 Å². The number of nitrogens with zero attached hydrogens (tertiary/aromatic N) is 4. The summed E-state index contributed by atoms with van der Waals surface area (Å²) in [6, 6.07) is -0.891. The minimum atomic E-state index is -0.891. The summed E-state index contributed by atoms with van der Waals surface area (Å²) in [5.41, 5.74) is 0.729. The highest BCUT2D eigenvalue weighted by atomic mass is 16.6. The van der Waals surface area contributed by atoms with Crippen LogP contribution in [-0.4, -0.2) is 44.3 Å². The van der Waals surface area contributed by atoms with E-state index in [0.717, 1.165) is 0 Å². The van der Waals surface area contributed by atoms with Crippen LogP contribution in [0.5, 0.6) is 0 Å². The van der Waals surface area contributed by atoms with Crippen molar-refractivity contribution >= 4 is 11.6 Å². The van der Waals surface area contributed by atoms with Crippen LogP contribution in [0.2, 0.25) is 0 Å². The molecule has 22 heavy (non-hydrogen) atoms. The van der Waals surface area contributed by atoms with E-state index < -0.39 is 16.9 Å². The average Bonchev–Trinajstić information content (AvgIpc) is 2.55. The van der Waals surface area contributed by atoms with Crippen LogP contribution in [0.15, 0.2) is 35.4 Å². The molecule has 1 unspecified atom stereocenters. The number of aromatic nitrogens is 2. The smallest absolute Gasteiger partial charge is 0.271 e. The Morgan fingerprint density at radius 2 is 2.32 bits per heavy atom. The third-order valence-corrected chi connectivity index (χ3v) is 2.97. The molecule has 1 heterocycles. The molecule has 0 bridgehead atoms. The maximum Gasteiger partial charge on any atom is 0.271 e. The van der Waals surface area contributed by atoms with E-state index in [2.05, 4.69) is 20.4 Å². The summed E-state index contributed by atoms with van der Waals surface area (Å²) in [5, 5.41) is 25.3. The van der Waals surface area contributed by atoms with Crippen molar-refractivity contribution in [2.45, 2.75) is 26.3 Å². The second kappa shape index (κ2) is 8.45. The summed E-state index contributed by atoms with van der Waals surface area (Å²) in [6.07, 6.45) is 5.95. The lowest BCUT2D eigenvalue weighted by Crippen LogP contribution is -2.30. The molecule has 0 fully saturated rings. The number of nitrogens with one attached hydrogen (secondary N) is 1. The molecular formula is C13H17N5O4. The van der Waals surface area contributed by atoms with Crippen molar-refractivity contribution in [3.05, 3.63) is 46.0 Å². The van der Waals surface area contributed by atoms with Crippen LogP contribution in [-0.2, 0) is 0 Å². The Morgan fingerprint density at radius 1 is 1.59 bits per heavy atom. The molecule has 118 valence electrons. The summed E-state index contributed by atoms with van der Waals surface area (Å²) in [6.45, 7) is 3.13. The number of hydrogen-bond donors (Lipinski definition) is 2. The SMILES string of the molecule is CC/C(=C\C(CNC(=O)c1cnccn1)=N/O)C(C)[N+](=O)[O-]. The first-order valence-electron chi connectivity index (χ1n) is 6.58. The third-order valence-electron chi connectivity index (χ3n) is 2.97. The number of oxime groups is 1. The van der Waals surface area contributed by atoms with Gasteiger partial charge in [-0.05, 0) is 12.5 Å². The van der Waals surface area contributed by atoms with Crippen molar-refractivity contribution in [1.29, 1.82) is 0 Å². The van der Waals surface area contributed by atoms with Gasteiger partial charge in [0.25, 0.3) is 5.91 Å². The minimum absolute atomic E-state index is 0.0835. The van der Waals surface area contributed by atoms with Crippen molar-refractivity contribution in [1.82, 2.24) is 15.3 Å². The molecule has 9 nitrogen and oxygen atoms in total. The first-order valence-corrected chi connectivity index (χ1v) is 6.58. The van der Waals surface area contributed by atoms with Crippen LogP contribution in [0.25, 0.3) is 0 Å². The van der Waals surface area contributed by atoms with Gasteiger partial charge in [0.15, 0.2) is 0 Å². The summed E-state index contributed by atoms with van der Waals surface area (Å²) in [4.78, 5) is 29.7. The van der Waals surface area contributed by atoms with E-state index in [4.69, 9.17) is 5.21 Å². The second-order valence-corrected chi connectivity index (χ2v) is 4.40. The van der Waals surface area contributed by atoms with E-state index in [1.165, 1.54) is 31.6 Å². The lowest BCUT2D eigenvalue weighted by molar-refractivity contribution is -0.507. The minimum Gasteiger partial charge on any atom is -0.411 e. The van der Waals surface area contributed by atoms with Crippen LogP contribution in [0.1, 0.15) is 30.8 Å². The maximum absolute atomic E-state index is 11.8. The zero-order valence-electron chi connectivity index (χ0n) is 12.3. The first-order chi connectivity index (χ1) is 10.5. The number of carbonyl (C=O) groups is 1. The van der Waals surface area contributed by atoms with Crippen LogP contribution >= 0.6 is 0 Å². The quantitative estimate of drug-likeness (QED) is 0.335. The van der Waals surface area contributed by atoms with Gasteiger partial charge in [0.2, 0.25) is 6.04 Å². The Balaban J connectivity index is 2.73. The lowest BCUT2D eigenvalue weighted by Gasteiger charge is -2.08. The van der Waals surface area contributed by atoms with Gasteiger partial charge in [-0.2, -0.15) is 0 Å². The highest BCUT2D eigenvalue weighted by Gasteiger charge is 2.18. The molecule has 1 amide bonds. The summed E-state index contributed by atoms with van der Waals surface area (Å²) in [5.74, 6) is -0.483. The van der Waals surface area contributed by atoms with E-state index in [9.17, 15) is 14.9 Å². The van der Waals surface area contributed by atoms with Gasteiger partial charge in [-0.1, -0.05) is 12.1 Å². The Kier molecular flexibility index (Phi) is 6.61. The average molecular weight is 307 g/mol. The monoisotopic (exact) mass is 307 g/mol. The lowest BCUT2D eigenvalue weighted by atomic mass is 10.0. The van der Waals surface area contributed by atoms with E-state index in [1.807, 2.05) is 0 Å². The number of nitro groups is 1. The molecule has 0 aliphatic heterocycles. The van der Waals surface area contributed by atoms with Crippen LogP contribution in [0.4, 0.5) is 0 Å². The van der Waals surface area contributed by atoms with Crippen molar-refractivity contribution in [3.8, 4) is 0 Å². The van der Waals surface area contributed by atoms with E-state index >= 15 is 0 Å². The van der Waals surface area contributed by atoms with E-state index in [0.29, 0.717) is 12.0 Å². The van der Waals surface area contributed by atoms with Gasteiger partial charge in [0, 0.05) is 29.8 Å². The predicted octanol–water partition coefficient (Wildman–Crippen LogP) is 1.04. The van der Waals surface area contributed by atoms with Crippen LogP contribution in [0, 0.1) is 10.1 Å². The van der Waals surface area contributed by atoms with Gasteiger partial charge in [-0.3, -0.25) is 19.9 Å². The van der Waals surface area contributed by atoms with Gasteiger partial charge >= 0.3 is 0 Å². The number of carbonyl (C=O) groups excluding carboxylic acids is 1. The largest absolute Gasteiger partial charge is 0.411 e. The highest BCUT2D eigenvalue weighted by Crippen LogP contribution is 2.10. The fraction of sp³-hybridized carbons (Fsp3) is 0.385. The molecule has 0 saturated carbocycles. The van der Waals surface area contributed by atoms with Crippen molar-refractivity contribution in [2.24, 2.45) is 5.16 Å². The standard InChI is InChI=1S/C13H17N5O4/c1-3-10(9(2)18(21)22)6-11(17-20)7-16-13(19)12-8-14-4-5-15-12/h4-6,8-9,20H,3,7H2,1-2H3,(H,16,19)/b10-6+,17-11+.